The predicted octanol–water partition coefficient (Wildman–Crippen LogP) is 0.794. The van der Waals surface area contributed by atoms with Crippen LogP contribution in [0.25, 0.3) is 0 Å². The van der Waals surface area contributed by atoms with Gasteiger partial charge in [0.25, 0.3) is 5.91 Å². The number of piperidine rings is 1. The van der Waals surface area contributed by atoms with E-state index in [0.717, 1.165) is 0 Å². The lowest BCUT2D eigenvalue weighted by Crippen LogP contribution is -2.52. The molecule has 0 unspecified atom stereocenters. The maximum atomic E-state index is 13.6. The van der Waals surface area contributed by atoms with Crippen molar-refractivity contribution in [3.8, 4) is 5.75 Å². The summed E-state index contributed by atoms with van der Waals surface area (Å²) in [5.74, 6) is -1.11. The Balaban J connectivity index is 2.26. The number of nitrogens with zero attached hydrogens (tertiary/aromatic N) is 1. The molecule has 20 heavy (non-hydrogen) atoms. The molecule has 0 saturated carbocycles. The Labute approximate surface area is 116 Å². The minimum atomic E-state index is -1.28. The largest absolute Gasteiger partial charge is 0.493 e. The molecule has 1 amide bonds. The van der Waals surface area contributed by atoms with Gasteiger partial charge in [-0.15, -0.1) is 0 Å². The molecule has 0 radical (unpaired) electrons. The van der Waals surface area contributed by atoms with Crippen LogP contribution in [0.5, 0.6) is 5.75 Å². The predicted molar refractivity (Wildman–Crippen MR) is 70.1 cm³/mol. The van der Waals surface area contributed by atoms with E-state index in [1.54, 1.807) is 0 Å². The van der Waals surface area contributed by atoms with E-state index in [0.29, 0.717) is 19.4 Å². The maximum Gasteiger partial charge on any atom is 0.257 e. The van der Waals surface area contributed by atoms with Crippen molar-refractivity contribution in [1.29, 1.82) is 0 Å². The molecule has 6 heteroatoms. The zero-order chi connectivity index (χ0) is 14.8. The molecule has 1 atom stereocenters. The van der Waals surface area contributed by atoms with E-state index in [1.165, 1.54) is 30.2 Å². The topological polar surface area (TPSA) is 70.0 Å². The fourth-order valence-electron chi connectivity index (χ4n) is 2.47. The van der Waals surface area contributed by atoms with E-state index >= 15 is 0 Å². The van der Waals surface area contributed by atoms with Gasteiger partial charge in [0, 0.05) is 6.54 Å². The lowest BCUT2D eigenvalue weighted by molar-refractivity contribution is -0.0598. The average Bonchev–Trinajstić information content (AvgIpc) is 2.46. The first-order chi connectivity index (χ1) is 9.50. The van der Waals surface area contributed by atoms with Crippen molar-refractivity contribution in [3.63, 3.8) is 0 Å². The standard InChI is InChI=1S/C14H18FNO4/c1-20-12-10(4-2-5-11(12)15)13(18)16-7-3-6-14(19,8-16)9-17/h2,4-5,17,19H,3,6-9H2,1H3/t14-/m0/s1. The molecule has 1 heterocycles. The van der Waals surface area contributed by atoms with Crippen LogP contribution in [-0.4, -0.2) is 53.4 Å². The second-order valence-corrected chi connectivity index (χ2v) is 5.03. The fourth-order valence-corrected chi connectivity index (χ4v) is 2.47. The Morgan fingerprint density at radius 3 is 2.95 bits per heavy atom. The highest BCUT2D eigenvalue weighted by Gasteiger charge is 2.35. The number of carbonyl (C=O) groups excluding carboxylic acids is 1. The summed E-state index contributed by atoms with van der Waals surface area (Å²) in [6.07, 6.45) is 1.02. The van der Waals surface area contributed by atoms with Gasteiger partial charge in [0.15, 0.2) is 11.6 Å². The molecule has 0 aliphatic carbocycles. The monoisotopic (exact) mass is 283 g/mol. The molecule has 1 fully saturated rings. The van der Waals surface area contributed by atoms with E-state index in [2.05, 4.69) is 0 Å². The number of amides is 1. The van der Waals surface area contributed by atoms with Crippen molar-refractivity contribution in [2.45, 2.75) is 18.4 Å². The number of rotatable bonds is 3. The molecule has 110 valence electrons. The second kappa shape index (κ2) is 5.76. The van der Waals surface area contributed by atoms with Gasteiger partial charge in [0.1, 0.15) is 5.60 Å². The van der Waals surface area contributed by atoms with Crippen molar-refractivity contribution in [2.75, 3.05) is 26.8 Å². The van der Waals surface area contributed by atoms with Crippen LogP contribution in [0.2, 0.25) is 0 Å². The van der Waals surface area contributed by atoms with E-state index in [9.17, 15) is 19.4 Å². The maximum absolute atomic E-state index is 13.6. The van der Waals surface area contributed by atoms with Gasteiger partial charge in [-0.1, -0.05) is 6.07 Å². The molecular formula is C14H18FNO4. The van der Waals surface area contributed by atoms with Gasteiger partial charge in [0.05, 0.1) is 25.8 Å². The van der Waals surface area contributed by atoms with Gasteiger partial charge >= 0.3 is 0 Å². The average molecular weight is 283 g/mol. The second-order valence-electron chi connectivity index (χ2n) is 5.03. The van der Waals surface area contributed by atoms with Crippen molar-refractivity contribution in [2.24, 2.45) is 0 Å². The smallest absolute Gasteiger partial charge is 0.257 e. The Kier molecular flexibility index (Phi) is 4.25. The number of aliphatic hydroxyl groups is 2. The minimum Gasteiger partial charge on any atom is -0.493 e. The number of likely N-dealkylation sites (tertiary alicyclic amines) is 1. The van der Waals surface area contributed by atoms with Crippen LogP contribution in [0.1, 0.15) is 23.2 Å². The zero-order valence-corrected chi connectivity index (χ0v) is 11.3. The van der Waals surface area contributed by atoms with Crippen molar-refractivity contribution in [3.05, 3.63) is 29.6 Å². The zero-order valence-electron chi connectivity index (χ0n) is 11.3. The number of benzene rings is 1. The van der Waals surface area contributed by atoms with E-state index < -0.39 is 23.9 Å². The lowest BCUT2D eigenvalue weighted by Gasteiger charge is -2.38. The van der Waals surface area contributed by atoms with Crippen LogP contribution >= 0.6 is 0 Å². The lowest BCUT2D eigenvalue weighted by atomic mass is 9.93. The highest BCUT2D eigenvalue weighted by Crippen LogP contribution is 2.27. The summed E-state index contributed by atoms with van der Waals surface area (Å²) < 4.78 is 18.5. The number of aliphatic hydroxyl groups excluding tert-OH is 1. The Morgan fingerprint density at radius 1 is 1.55 bits per heavy atom. The molecule has 1 aliphatic heterocycles. The Morgan fingerprint density at radius 2 is 2.30 bits per heavy atom. The molecule has 2 rings (SSSR count). The molecular weight excluding hydrogens is 265 g/mol. The van der Waals surface area contributed by atoms with Crippen LogP contribution in [0.4, 0.5) is 4.39 Å². The molecule has 1 aliphatic rings. The number of halogens is 1. The number of hydrogen-bond acceptors (Lipinski definition) is 4. The molecule has 0 aromatic heterocycles. The van der Waals surface area contributed by atoms with Gasteiger partial charge in [-0.2, -0.15) is 0 Å². The highest BCUT2D eigenvalue weighted by atomic mass is 19.1. The Bertz CT molecular complexity index is 508. The van der Waals surface area contributed by atoms with Gasteiger partial charge in [-0.3, -0.25) is 4.79 Å². The SMILES string of the molecule is COc1c(F)cccc1C(=O)N1CCC[C@@](O)(CO)C1. The molecule has 1 aromatic rings. The van der Waals surface area contributed by atoms with Crippen molar-refractivity contribution < 1.29 is 24.1 Å². The van der Waals surface area contributed by atoms with Crippen LogP contribution in [-0.2, 0) is 0 Å². The number of ether oxygens (including phenoxy) is 1. The first kappa shape index (κ1) is 14.7. The molecule has 0 spiro atoms. The van der Waals surface area contributed by atoms with Gasteiger partial charge in [-0.25, -0.2) is 4.39 Å². The number of methoxy groups -OCH3 is 1. The van der Waals surface area contributed by atoms with Crippen LogP contribution in [0.3, 0.4) is 0 Å². The third-order valence-electron chi connectivity index (χ3n) is 3.54. The third kappa shape index (κ3) is 2.76. The van der Waals surface area contributed by atoms with E-state index in [-0.39, 0.29) is 17.9 Å². The number of para-hydroxylation sites is 1. The van der Waals surface area contributed by atoms with Crippen molar-refractivity contribution >= 4 is 5.91 Å². The van der Waals surface area contributed by atoms with Gasteiger partial charge in [0.2, 0.25) is 0 Å². The summed E-state index contributed by atoms with van der Waals surface area (Å²) >= 11 is 0. The molecule has 1 saturated heterocycles. The Hall–Kier alpha value is -1.66. The third-order valence-corrected chi connectivity index (χ3v) is 3.54. The summed E-state index contributed by atoms with van der Waals surface area (Å²) in [5, 5.41) is 19.3. The minimum absolute atomic E-state index is 0.0298. The quantitative estimate of drug-likeness (QED) is 0.860. The normalized spacial score (nSPS) is 22.7. The van der Waals surface area contributed by atoms with Crippen LogP contribution < -0.4 is 4.74 Å². The summed E-state index contributed by atoms with van der Waals surface area (Å²) in [6, 6.07) is 4.14. The summed E-state index contributed by atoms with van der Waals surface area (Å²) in [7, 11) is 1.30. The van der Waals surface area contributed by atoms with Crippen LogP contribution in [0.15, 0.2) is 18.2 Å². The first-order valence-electron chi connectivity index (χ1n) is 6.46. The highest BCUT2D eigenvalue weighted by molar-refractivity contribution is 5.97. The number of carbonyl (C=O) groups is 1. The van der Waals surface area contributed by atoms with E-state index in [1.807, 2.05) is 0 Å². The van der Waals surface area contributed by atoms with E-state index in [4.69, 9.17) is 4.74 Å². The number of hydrogen-bond donors (Lipinski definition) is 2. The van der Waals surface area contributed by atoms with Gasteiger partial charge in [-0.05, 0) is 25.0 Å². The summed E-state index contributed by atoms with van der Waals surface area (Å²) in [5.41, 5.74) is -1.16. The molecule has 1 aromatic carbocycles. The first-order valence-corrected chi connectivity index (χ1v) is 6.46. The van der Waals surface area contributed by atoms with Gasteiger partial charge < -0.3 is 19.8 Å². The van der Waals surface area contributed by atoms with Crippen LogP contribution in [0, 0.1) is 5.82 Å². The number of β-amino-alcohol motifs (C(OH)–C–C–N with tert-alkyl or cyclic N) is 1. The molecule has 5 nitrogen and oxygen atoms in total. The summed E-state index contributed by atoms with van der Waals surface area (Å²) in [4.78, 5) is 13.8. The summed E-state index contributed by atoms with van der Waals surface area (Å²) in [6.45, 7) is 0.0832. The van der Waals surface area contributed by atoms with Crippen molar-refractivity contribution in [1.82, 2.24) is 4.90 Å². The fraction of sp³-hybridized carbons (Fsp3) is 0.500. The molecule has 2 N–H and O–H groups in total. The molecule has 0 bridgehead atoms.